The van der Waals surface area contributed by atoms with Gasteiger partial charge in [0.1, 0.15) is 6.61 Å². The van der Waals surface area contributed by atoms with Gasteiger partial charge in [0, 0.05) is 18.9 Å². The van der Waals surface area contributed by atoms with Crippen LogP contribution in [-0.2, 0) is 19.2 Å². The number of carbonyl (C=O) groups is 3. The summed E-state index contributed by atoms with van der Waals surface area (Å²) in [6, 6.07) is 15.5. The van der Waals surface area contributed by atoms with Gasteiger partial charge in [-0.3, -0.25) is 9.63 Å². The highest BCUT2D eigenvalue weighted by Crippen LogP contribution is 2.44. The van der Waals surface area contributed by atoms with Gasteiger partial charge in [-0.25, -0.2) is 15.1 Å². The normalized spacial score (nSPS) is 14.4. The van der Waals surface area contributed by atoms with Gasteiger partial charge < -0.3 is 15.2 Å². The molecule has 0 saturated carbocycles. The van der Waals surface area contributed by atoms with Crippen LogP contribution < -0.4 is 10.8 Å². The Labute approximate surface area is 199 Å². The molecular formula is C24H25F3N2O6. The van der Waals surface area contributed by atoms with Crippen molar-refractivity contribution in [2.45, 2.75) is 38.0 Å². The van der Waals surface area contributed by atoms with Gasteiger partial charge in [-0.1, -0.05) is 48.5 Å². The molecule has 2 amide bonds. The Morgan fingerprint density at radius 3 is 2.14 bits per heavy atom. The molecule has 2 aromatic carbocycles. The molecule has 0 aromatic heterocycles. The molecule has 188 valence electrons. The second-order valence-corrected chi connectivity index (χ2v) is 8.11. The van der Waals surface area contributed by atoms with Gasteiger partial charge in [0.05, 0.1) is 5.92 Å². The summed E-state index contributed by atoms with van der Waals surface area (Å²) >= 11 is 0. The zero-order chi connectivity index (χ0) is 25.6. The van der Waals surface area contributed by atoms with Gasteiger partial charge in [-0.15, -0.1) is 0 Å². The SMILES string of the molecule is CC(ONC(=O)CC(CCNC(=O)OCC1c2ccccc2-c2ccccc21)C(F)(F)F)C(=O)O. The lowest BCUT2D eigenvalue weighted by Crippen LogP contribution is -2.37. The molecule has 2 aromatic rings. The maximum atomic E-state index is 13.3. The Hall–Kier alpha value is -3.60. The molecule has 0 spiro atoms. The molecule has 2 atom stereocenters. The van der Waals surface area contributed by atoms with E-state index in [4.69, 9.17) is 9.84 Å². The van der Waals surface area contributed by atoms with Crippen LogP contribution in [0.2, 0.25) is 0 Å². The molecule has 0 radical (unpaired) electrons. The Kier molecular flexibility index (Phi) is 8.34. The van der Waals surface area contributed by atoms with E-state index in [1.807, 2.05) is 48.5 Å². The molecule has 0 heterocycles. The van der Waals surface area contributed by atoms with Crippen LogP contribution in [0.3, 0.4) is 0 Å². The van der Waals surface area contributed by atoms with E-state index >= 15 is 0 Å². The Morgan fingerprint density at radius 2 is 1.60 bits per heavy atom. The number of nitrogens with one attached hydrogen (secondary N) is 2. The average Bonchev–Trinajstić information content (AvgIpc) is 3.13. The van der Waals surface area contributed by atoms with Gasteiger partial charge in [0.15, 0.2) is 6.10 Å². The van der Waals surface area contributed by atoms with Crippen LogP contribution in [0.4, 0.5) is 18.0 Å². The molecule has 0 aliphatic heterocycles. The first-order valence-electron chi connectivity index (χ1n) is 10.9. The first-order chi connectivity index (χ1) is 16.6. The number of aliphatic carboxylic acids is 1. The number of fused-ring (bicyclic) bond motifs is 3. The molecular weight excluding hydrogens is 469 g/mol. The van der Waals surface area contributed by atoms with Crippen LogP contribution in [-0.4, -0.2) is 48.5 Å². The Bertz CT molecular complexity index is 1030. The minimum absolute atomic E-state index is 0.0179. The molecule has 8 nitrogen and oxygen atoms in total. The molecule has 3 N–H and O–H groups in total. The summed E-state index contributed by atoms with van der Waals surface area (Å²) in [7, 11) is 0. The summed E-state index contributed by atoms with van der Waals surface area (Å²) in [6.07, 6.45) is -8.55. The second kappa shape index (κ2) is 11.2. The van der Waals surface area contributed by atoms with Crippen LogP contribution in [0.25, 0.3) is 11.1 Å². The van der Waals surface area contributed by atoms with Crippen LogP contribution in [0.1, 0.15) is 36.8 Å². The van der Waals surface area contributed by atoms with E-state index in [2.05, 4.69) is 10.2 Å². The van der Waals surface area contributed by atoms with Crippen LogP contribution in [0.15, 0.2) is 48.5 Å². The van der Waals surface area contributed by atoms with Crippen molar-refractivity contribution in [1.82, 2.24) is 10.8 Å². The van der Waals surface area contributed by atoms with Crippen molar-refractivity contribution >= 4 is 18.0 Å². The number of alkyl halides is 3. The smallest absolute Gasteiger partial charge is 0.407 e. The fourth-order valence-electron chi connectivity index (χ4n) is 3.85. The number of hydrogen-bond donors (Lipinski definition) is 3. The predicted octanol–water partition coefficient (Wildman–Crippen LogP) is 4.00. The van der Waals surface area contributed by atoms with E-state index < -0.39 is 49.0 Å². The van der Waals surface area contributed by atoms with Gasteiger partial charge >= 0.3 is 18.2 Å². The summed E-state index contributed by atoms with van der Waals surface area (Å²) in [6.45, 7) is 0.757. The third-order valence-electron chi connectivity index (χ3n) is 5.70. The van der Waals surface area contributed by atoms with E-state index in [1.165, 1.54) is 0 Å². The highest BCUT2D eigenvalue weighted by molar-refractivity contribution is 5.79. The van der Waals surface area contributed by atoms with Gasteiger partial charge in [0.2, 0.25) is 5.91 Å². The standard InChI is InChI=1S/C24H25F3N2O6/c1-14(22(31)32)35-29-21(30)12-15(24(25,26)27)10-11-28-23(33)34-13-20-18-8-4-2-6-16(18)17-7-3-5-9-19(17)20/h2-9,14-15,20H,10-13H2,1H3,(H,28,33)(H,29,30)(H,31,32). The number of hydrogen-bond acceptors (Lipinski definition) is 5. The minimum atomic E-state index is -4.71. The number of benzene rings is 2. The van der Waals surface area contributed by atoms with Crippen molar-refractivity contribution < 1.29 is 42.2 Å². The average molecular weight is 494 g/mol. The summed E-state index contributed by atoms with van der Waals surface area (Å²) in [5.41, 5.74) is 5.80. The number of alkyl carbamates (subject to hydrolysis) is 1. The molecule has 0 saturated heterocycles. The number of ether oxygens (including phenoxy) is 1. The van der Waals surface area contributed by atoms with E-state index in [0.717, 1.165) is 29.2 Å². The first-order valence-corrected chi connectivity index (χ1v) is 10.9. The van der Waals surface area contributed by atoms with E-state index in [-0.39, 0.29) is 19.1 Å². The van der Waals surface area contributed by atoms with Gasteiger partial charge in [0.25, 0.3) is 0 Å². The second-order valence-electron chi connectivity index (χ2n) is 8.11. The van der Waals surface area contributed by atoms with Crippen molar-refractivity contribution in [2.75, 3.05) is 13.2 Å². The minimum Gasteiger partial charge on any atom is -0.479 e. The maximum absolute atomic E-state index is 13.3. The number of amides is 2. The maximum Gasteiger partial charge on any atom is 0.407 e. The monoisotopic (exact) mass is 494 g/mol. The highest BCUT2D eigenvalue weighted by Gasteiger charge is 2.40. The third kappa shape index (κ3) is 6.72. The van der Waals surface area contributed by atoms with E-state index in [9.17, 15) is 27.6 Å². The van der Waals surface area contributed by atoms with Crippen LogP contribution >= 0.6 is 0 Å². The number of hydroxylamine groups is 1. The molecule has 1 aliphatic carbocycles. The largest absolute Gasteiger partial charge is 0.479 e. The molecule has 1 aliphatic rings. The molecule has 11 heteroatoms. The highest BCUT2D eigenvalue weighted by atomic mass is 19.4. The fraction of sp³-hybridized carbons (Fsp3) is 0.375. The summed E-state index contributed by atoms with van der Waals surface area (Å²) in [5.74, 6) is -4.76. The molecule has 0 fully saturated rings. The zero-order valence-corrected chi connectivity index (χ0v) is 18.8. The van der Waals surface area contributed by atoms with E-state index in [0.29, 0.717) is 0 Å². The number of halogens is 3. The lowest BCUT2D eigenvalue weighted by molar-refractivity contribution is -0.184. The van der Waals surface area contributed by atoms with Gasteiger partial charge in [-0.05, 0) is 35.6 Å². The summed E-state index contributed by atoms with van der Waals surface area (Å²) < 4.78 is 45.2. The summed E-state index contributed by atoms with van der Waals surface area (Å²) in [4.78, 5) is 39.0. The predicted molar refractivity (Wildman–Crippen MR) is 118 cm³/mol. The molecule has 35 heavy (non-hydrogen) atoms. The van der Waals surface area contributed by atoms with Gasteiger partial charge in [-0.2, -0.15) is 13.2 Å². The number of carbonyl (C=O) groups excluding carboxylic acids is 2. The van der Waals surface area contributed by atoms with Crippen molar-refractivity contribution in [1.29, 1.82) is 0 Å². The van der Waals surface area contributed by atoms with E-state index in [1.54, 1.807) is 5.48 Å². The van der Waals surface area contributed by atoms with Crippen LogP contribution in [0.5, 0.6) is 0 Å². The third-order valence-corrected chi connectivity index (χ3v) is 5.70. The number of carboxylic acid groups (broad SMARTS) is 1. The van der Waals surface area contributed by atoms with Crippen molar-refractivity contribution in [2.24, 2.45) is 5.92 Å². The zero-order valence-electron chi connectivity index (χ0n) is 18.8. The molecule has 2 unspecified atom stereocenters. The number of carboxylic acids is 1. The van der Waals surface area contributed by atoms with Crippen molar-refractivity contribution in [3.63, 3.8) is 0 Å². The summed E-state index contributed by atoms with van der Waals surface area (Å²) in [5, 5.41) is 11.0. The van der Waals surface area contributed by atoms with Crippen molar-refractivity contribution in [3.05, 3.63) is 59.7 Å². The van der Waals surface area contributed by atoms with Crippen LogP contribution in [0, 0.1) is 5.92 Å². The molecule has 3 rings (SSSR count). The fourth-order valence-corrected chi connectivity index (χ4v) is 3.85. The first kappa shape index (κ1) is 26.0. The topological polar surface area (TPSA) is 114 Å². The Morgan fingerprint density at radius 1 is 1.03 bits per heavy atom. The quantitative estimate of drug-likeness (QED) is 0.430. The Balaban J connectivity index is 1.49. The number of rotatable bonds is 10. The van der Waals surface area contributed by atoms with Crippen molar-refractivity contribution in [3.8, 4) is 11.1 Å². The lowest BCUT2D eigenvalue weighted by atomic mass is 9.98. The molecule has 0 bridgehead atoms. The lowest BCUT2D eigenvalue weighted by Gasteiger charge is -2.20.